The van der Waals surface area contributed by atoms with Crippen molar-refractivity contribution in [2.24, 2.45) is 0 Å². The van der Waals surface area contributed by atoms with Gasteiger partial charge in [-0.15, -0.1) is 0 Å². The van der Waals surface area contributed by atoms with Gasteiger partial charge in [0, 0.05) is 43.4 Å². The van der Waals surface area contributed by atoms with Crippen LogP contribution >= 0.6 is 0 Å². The molecule has 0 unspecified atom stereocenters. The van der Waals surface area contributed by atoms with Crippen LogP contribution in [-0.4, -0.2) is 39.0 Å². The Morgan fingerprint density at radius 1 is 0.931 bits per heavy atom. The van der Waals surface area contributed by atoms with Crippen LogP contribution in [0.2, 0.25) is 0 Å². The number of phenolic OH excluding ortho intramolecular Hbond substituents is 1. The predicted molar refractivity (Wildman–Crippen MR) is 112 cm³/mol. The first-order valence-electron chi connectivity index (χ1n) is 9.74. The van der Waals surface area contributed by atoms with Gasteiger partial charge in [-0.05, 0) is 60.7 Å². The average molecular weight is 385 g/mol. The lowest BCUT2D eigenvalue weighted by molar-refractivity contribution is 0.0743. The molecule has 3 aromatic rings. The number of phenols is 1. The van der Waals surface area contributed by atoms with Gasteiger partial charge in [-0.25, -0.2) is 0 Å². The Bertz CT molecular complexity index is 1050. The fraction of sp³-hybridized carbons (Fsp3) is 0.208. The van der Waals surface area contributed by atoms with Crippen molar-refractivity contribution in [1.82, 2.24) is 14.9 Å². The molecule has 2 aromatic heterocycles. The molecule has 1 aliphatic heterocycles. The van der Waals surface area contributed by atoms with Crippen molar-refractivity contribution < 1.29 is 9.90 Å². The summed E-state index contributed by atoms with van der Waals surface area (Å²) in [6.45, 7) is 3.26. The number of hydrogen-bond donors (Lipinski definition) is 1. The van der Waals surface area contributed by atoms with Crippen LogP contribution in [0.3, 0.4) is 0 Å². The summed E-state index contributed by atoms with van der Waals surface area (Å²) >= 11 is 0. The molecular weight excluding hydrogens is 362 g/mol. The van der Waals surface area contributed by atoms with Crippen molar-refractivity contribution in [1.29, 1.82) is 0 Å². The molecule has 0 atom stereocenters. The molecule has 3 heterocycles. The lowest BCUT2D eigenvalue weighted by Gasteiger charge is -2.30. The summed E-state index contributed by atoms with van der Waals surface area (Å²) in [5.74, 6) is 0.268. The number of pyridine rings is 2. The number of aromatic hydroxyl groups is 1. The molecule has 0 bridgehead atoms. The van der Waals surface area contributed by atoms with Crippen LogP contribution < -0.4 is 0 Å². The van der Waals surface area contributed by atoms with Crippen molar-refractivity contribution in [3.63, 3.8) is 0 Å². The Kier molecular flexibility index (Phi) is 5.38. The van der Waals surface area contributed by atoms with Crippen molar-refractivity contribution in [3.8, 4) is 5.75 Å². The topological polar surface area (TPSA) is 66.3 Å². The number of carbonyl (C=O) groups is 1. The highest BCUT2D eigenvalue weighted by atomic mass is 16.3. The lowest BCUT2D eigenvalue weighted by Crippen LogP contribution is -2.36. The molecule has 4 rings (SSSR count). The van der Waals surface area contributed by atoms with Crippen molar-refractivity contribution in [2.45, 2.75) is 19.8 Å². The van der Waals surface area contributed by atoms with Gasteiger partial charge in [0.15, 0.2) is 0 Å². The maximum Gasteiger partial charge on any atom is 0.255 e. The van der Waals surface area contributed by atoms with Crippen LogP contribution in [0.5, 0.6) is 5.75 Å². The maximum absolute atomic E-state index is 12.8. The van der Waals surface area contributed by atoms with Gasteiger partial charge in [-0.2, -0.15) is 0 Å². The summed E-state index contributed by atoms with van der Waals surface area (Å²) in [7, 11) is 0. The largest absolute Gasteiger partial charge is 0.508 e. The fourth-order valence-electron chi connectivity index (χ4n) is 3.83. The van der Waals surface area contributed by atoms with Gasteiger partial charge in [-0.1, -0.05) is 23.8 Å². The Morgan fingerprint density at radius 3 is 2.38 bits per heavy atom. The predicted octanol–water partition coefficient (Wildman–Crippen LogP) is 4.23. The summed E-state index contributed by atoms with van der Waals surface area (Å²) in [4.78, 5) is 23.1. The van der Waals surface area contributed by atoms with Gasteiger partial charge in [0.1, 0.15) is 5.75 Å². The van der Waals surface area contributed by atoms with Gasteiger partial charge in [0.2, 0.25) is 0 Å². The van der Waals surface area contributed by atoms with E-state index in [1.807, 2.05) is 48.4 Å². The molecule has 146 valence electrons. The zero-order chi connectivity index (χ0) is 20.2. The van der Waals surface area contributed by atoms with Crippen LogP contribution in [0.1, 0.15) is 39.9 Å². The summed E-state index contributed by atoms with van der Waals surface area (Å²) < 4.78 is 0. The number of carbonyl (C=O) groups excluding carboxylic acids is 1. The smallest absolute Gasteiger partial charge is 0.255 e. The molecule has 1 aliphatic rings. The minimum absolute atomic E-state index is 0.0283. The molecule has 1 saturated heterocycles. The summed E-state index contributed by atoms with van der Waals surface area (Å²) in [6, 6.07) is 13.2. The van der Waals surface area contributed by atoms with E-state index in [0.717, 1.165) is 35.1 Å². The van der Waals surface area contributed by atoms with Crippen LogP contribution in [0.4, 0.5) is 0 Å². The van der Waals surface area contributed by atoms with Gasteiger partial charge in [-0.3, -0.25) is 14.8 Å². The third-order valence-corrected chi connectivity index (χ3v) is 5.21. The van der Waals surface area contributed by atoms with Crippen molar-refractivity contribution in [2.75, 3.05) is 13.1 Å². The Labute approximate surface area is 170 Å². The second-order valence-corrected chi connectivity index (χ2v) is 7.31. The second-order valence-electron chi connectivity index (χ2n) is 7.31. The van der Waals surface area contributed by atoms with Gasteiger partial charge in [0.05, 0.1) is 5.56 Å². The molecule has 1 amide bonds. The number of aromatic nitrogens is 2. The van der Waals surface area contributed by atoms with Crippen molar-refractivity contribution in [3.05, 3.63) is 95.1 Å². The van der Waals surface area contributed by atoms with Crippen molar-refractivity contribution >= 4 is 11.5 Å². The number of hydrogen-bond acceptors (Lipinski definition) is 4. The monoisotopic (exact) mass is 385 g/mol. The molecule has 0 spiro atoms. The summed E-state index contributed by atoms with van der Waals surface area (Å²) in [5.41, 5.74) is 5.98. The molecule has 5 heteroatoms. The van der Waals surface area contributed by atoms with Gasteiger partial charge in [0.25, 0.3) is 5.91 Å². The zero-order valence-corrected chi connectivity index (χ0v) is 16.4. The molecular formula is C24H23N3O2. The molecule has 0 radical (unpaired) electrons. The van der Waals surface area contributed by atoms with E-state index in [0.29, 0.717) is 18.7 Å². The quantitative estimate of drug-likeness (QED) is 0.733. The standard InChI is InChI=1S/C24H23N3O2/c1-17-12-21(16-26-14-17)24(29)27-10-7-18(8-11-27)23(20-5-3-9-25-15-20)19-4-2-6-22(28)13-19/h2-6,9,12-16,28H,7-8,10-11H2,1H3. The van der Waals surface area contributed by atoms with Crippen LogP contribution in [0, 0.1) is 6.92 Å². The summed E-state index contributed by atoms with van der Waals surface area (Å²) in [6.07, 6.45) is 8.56. The second kappa shape index (κ2) is 8.27. The number of rotatable bonds is 3. The highest BCUT2D eigenvalue weighted by Crippen LogP contribution is 2.33. The van der Waals surface area contributed by atoms with Gasteiger partial charge >= 0.3 is 0 Å². The number of benzene rings is 1. The highest BCUT2D eigenvalue weighted by molar-refractivity contribution is 5.94. The zero-order valence-electron chi connectivity index (χ0n) is 16.4. The first kappa shape index (κ1) is 18.9. The third-order valence-electron chi connectivity index (χ3n) is 5.21. The number of likely N-dealkylation sites (tertiary alicyclic amines) is 1. The lowest BCUT2D eigenvalue weighted by atomic mass is 9.89. The van der Waals surface area contributed by atoms with Gasteiger partial charge < -0.3 is 10.0 Å². The Hall–Kier alpha value is -3.47. The molecule has 1 aromatic carbocycles. The molecule has 0 saturated carbocycles. The number of piperidine rings is 1. The normalized spacial score (nSPS) is 14.0. The van der Waals surface area contributed by atoms with Crippen LogP contribution in [-0.2, 0) is 0 Å². The van der Waals surface area contributed by atoms with E-state index in [4.69, 9.17) is 0 Å². The minimum atomic E-state index is 0.0283. The Morgan fingerprint density at radius 2 is 1.69 bits per heavy atom. The summed E-state index contributed by atoms with van der Waals surface area (Å²) in [5, 5.41) is 9.97. The maximum atomic E-state index is 12.8. The molecule has 0 aliphatic carbocycles. The Balaban J connectivity index is 1.62. The fourth-order valence-corrected chi connectivity index (χ4v) is 3.83. The molecule has 1 N–H and O–H groups in total. The first-order valence-corrected chi connectivity index (χ1v) is 9.74. The van der Waals surface area contributed by atoms with Crippen LogP contribution in [0.15, 0.2) is 72.8 Å². The van der Waals surface area contributed by atoms with E-state index in [1.54, 1.807) is 30.7 Å². The van der Waals surface area contributed by atoms with E-state index in [-0.39, 0.29) is 11.7 Å². The minimum Gasteiger partial charge on any atom is -0.508 e. The third kappa shape index (κ3) is 4.19. The SMILES string of the molecule is Cc1cncc(C(=O)N2CCC(=C(c3cccnc3)c3cccc(O)c3)CC2)c1. The molecule has 5 nitrogen and oxygen atoms in total. The van der Waals surface area contributed by atoms with E-state index < -0.39 is 0 Å². The number of amides is 1. The average Bonchev–Trinajstić information content (AvgIpc) is 2.75. The van der Waals surface area contributed by atoms with E-state index in [9.17, 15) is 9.90 Å². The highest BCUT2D eigenvalue weighted by Gasteiger charge is 2.23. The number of nitrogens with zero attached hydrogens (tertiary/aromatic N) is 3. The van der Waals surface area contributed by atoms with E-state index in [2.05, 4.69) is 9.97 Å². The number of aryl methyl sites for hydroxylation is 1. The molecule has 1 fully saturated rings. The van der Waals surface area contributed by atoms with E-state index >= 15 is 0 Å². The van der Waals surface area contributed by atoms with E-state index in [1.165, 1.54) is 5.57 Å². The molecule has 29 heavy (non-hydrogen) atoms. The van der Waals surface area contributed by atoms with Crippen LogP contribution in [0.25, 0.3) is 5.57 Å². The first-order chi connectivity index (χ1) is 14.1.